The molecule has 21 heavy (non-hydrogen) atoms. The van der Waals surface area contributed by atoms with Crippen LogP contribution in [-0.4, -0.2) is 54.1 Å². The number of nitrogens with zero attached hydrogens (tertiary/aromatic N) is 3. The lowest BCUT2D eigenvalue weighted by atomic mass is 10.2. The summed E-state index contributed by atoms with van der Waals surface area (Å²) < 4.78 is 18.9. The van der Waals surface area contributed by atoms with E-state index < -0.39 is 0 Å². The van der Waals surface area contributed by atoms with Crippen LogP contribution in [0.3, 0.4) is 0 Å². The van der Waals surface area contributed by atoms with Gasteiger partial charge in [-0.3, -0.25) is 0 Å². The van der Waals surface area contributed by atoms with Crippen LogP contribution in [0.4, 0.5) is 0 Å². The van der Waals surface area contributed by atoms with Gasteiger partial charge in [-0.25, -0.2) is 4.52 Å². The number of ether oxygens (including phenoxy) is 3. The van der Waals surface area contributed by atoms with Crippen LogP contribution in [0.5, 0.6) is 11.6 Å². The molecule has 0 unspecified atom stereocenters. The van der Waals surface area contributed by atoms with Gasteiger partial charge in [-0.15, -0.1) is 0 Å². The lowest BCUT2D eigenvalue weighted by Gasteiger charge is -2.14. The molecule has 8 heteroatoms. The van der Waals surface area contributed by atoms with Crippen molar-refractivity contribution >= 4 is 21.6 Å². The van der Waals surface area contributed by atoms with Crippen LogP contribution in [0.25, 0.3) is 5.65 Å². The van der Waals surface area contributed by atoms with Gasteiger partial charge in [0, 0.05) is 19.7 Å². The summed E-state index contributed by atoms with van der Waals surface area (Å²) in [4.78, 5) is 4.45. The first kappa shape index (κ1) is 14.6. The van der Waals surface area contributed by atoms with E-state index in [1.807, 2.05) is 0 Å². The van der Waals surface area contributed by atoms with Crippen molar-refractivity contribution in [2.75, 3.05) is 27.4 Å². The van der Waals surface area contributed by atoms with Crippen molar-refractivity contribution in [3.05, 3.63) is 16.9 Å². The summed E-state index contributed by atoms with van der Waals surface area (Å²) in [7, 11) is 3.31. The van der Waals surface area contributed by atoms with E-state index in [9.17, 15) is 0 Å². The third-order valence-electron chi connectivity index (χ3n) is 3.54. The van der Waals surface area contributed by atoms with Crippen molar-refractivity contribution < 1.29 is 14.2 Å². The Morgan fingerprint density at radius 2 is 2.33 bits per heavy atom. The lowest BCUT2D eigenvalue weighted by Crippen LogP contribution is -2.28. The van der Waals surface area contributed by atoms with E-state index in [1.165, 1.54) is 0 Å². The molecule has 114 valence electrons. The fourth-order valence-electron chi connectivity index (χ4n) is 2.36. The van der Waals surface area contributed by atoms with Crippen molar-refractivity contribution in [2.24, 2.45) is 0 Å². The molecular weight excluding hydrogens is 340 g/mol. The quantitative estimate of drug-likeness (QED) is 0.869. The first-order valence-corrected chi connectivity index (χ1v) is 7.47. The van der Waals surface area contributed by atoms with E-state index in [0.717, 1.165) is 17.4 Å². The van der Waals surface area contributed by atoms with E-state index in [4.69, 9.17) is 14.2 Å². The second-order valence-electron chi connectivity index (χ2n) is 4.88. The Balaban J connectivity index is 1.75. The molecule has 2 atom stereocenters. The van der Waals surface area contributed by atoms with Gasteiger partial charge < -0.3 is 19.5 Å². The van der Waals surface area contributed by atoms with Crippen molar-refractivity contribution in [2.45, 2.75) is 18.6 Å². The smallest absolute Gasteiger partial charge is 0.260 e. The summed E-state index contributed by atoms with van der Waals surface area (Å²) in [5, 5.41) is 7.53. The lowest BCUT2D eigenvalue weighted by molar-refractivity contribution is 0.115. The van der Waals surface area contributed by atoms with Crippen LogP contribution < -0.4 is 14.8 Å². The maximum Gasteiger partial charge on any atom is 0.260 e. The molecule has 0 aliphatic carbocycles. The summed E-state index contributed by atoms with van der Waals surface area (Å²) in [6.45, 7) is 1.37. The van der Waals surface area contributed by atoms with Gasteiger partial charge in [0.05, 0.1) is 30.1 Å². The van der Waals surface area contributed by atoms with E-state index in [0.29, 0.717) is 23.9 Å². The van der Waals surface area contributed by atoms with Crippen molar-refractivity contribution in [3.63, 3.8) is 0 Å². The fourth-order valence-corrected chi connectivity index (χ4v) is 2.72. The average molecular weight is 357 g/mol. The Bertz CT molecular complexity index is 633. The second-order valence-corrected chi connectivity index (χ2v) is 5.74. The predicted octanol–water partition coefficient (Wildman–Crippen LogP) is 1.26. The Morgan fingerprint density at radius 3 is 3.05 bits per heavy atom. The SMILES string of the molecule is COc1cn2ncc(Br)c2nc1OC[C@@H]1C[C@@H](OC)CN1. The predicted molar refractivity (Wildman–Crippen MR) is 79.9 cm³/mol. The van der Waals surface area contributed by atoms with E-state index in [2.05, 4.69) is 31.3 Å². The number of methoxy groups -OCH3 is 2. The topological polar surface area (TPSA) is 69.9 Å². The monoisotopic (exact) mass is 356 g/mol. The standard InChI is InChI=1S/C13H17BrN4O3/c1-19-9-3-8(15-4-9)7-21-13-11(20-2)6-18-12(17-13)10(14)5-16-18/h5-6,8-9,15H,3-4,7H2,1-2H3/t8-,9+/m0/s1. The highest BCUT2D eigenvalue weighted by atomic mass is 79.9. The number of hydrogen-bond acceptors (Lipinski definition) is 6. The maximum absolute atomic E-state index is 5.82. The molecule has 3 heterocycles. The largest absolute Gasteiger partial charge is 0.490 e. The normalized spacial score (nSPS) is 21.9. The molecule has 7 nitrogen and oxygen atoms in total. The number of nitrogens with one attached hydrogen (secondary N) is 1. The molecule has 0 aromatic carbocycles. The third kappa shape index (κ3) is 2.97. The highest BCUT2D eigenvalue weighted by molar-refractivity contribution is 9.10. The van der Waals surface area contributed by atoms with Crippen LogP contribution >= 0.6 is 15.9 Å². The summed E-state index contributed by atoms with van der Waals surface area (Å²) in [6.07, 6.45) is 4.62. The number of rotatable bonds is 5. The Kier molecular flexibility index (Phi) is 4.27. The van der Waals surface area contributed by atoms with Crippen molar-refractivity contribution in [3.8, 4) is 11.6 Å². The van der Waals surface area contributed by atoms with Crippen LogP contribution in [0.2, 0.25) is 0 Å². The van der Waals surface area contributed by atoms with E-state index >= 15 is 0 Å². The number of aromatic nitrogens is 3. The number of fused-ring (bicyclic) bond motifs is 1. The molecule has 0 radical (unpaired) electrons. The molecule has 1 N–H and O–H groups in total. The average Bonchev–Trinajstić information content (AvgIpc) is 3.11. The fraction of sp³-hybridized carbons (Fsp3) is 0.538. The van der Waals surface area contributed by atoms with Crippen LogP contribution in [0, 0.1) is 0 Å². The van der Waals surface area contributed by atoms with E-state index in [-0.39, 0.29) is 12.1 Å². The van der Waals surface area contributed by atoms with Crippen LogP contribution in [0.15, 0.2) is 16.9 Å². The summed E-state index contributed by atoms with van der Waals surface area (Å²) in [5.41, 5.74) is 0.694. The summed E-state index contributed by atoms with van der Waals surface area (Å²) in [6, 6.07) is 0.256. The minimum absolute atomic E-state index is 0.250. The van der Waals surface area contributed by atoms with Gasteiger partial charge in [-0.1, -0.05) is 0 Å². The minimum atomic E-state index is 0.250. The minimum Gasteiger partial charge on any atom is -0.490 e. The van der Waals surface area contributed by atoms with Gasteiger partial charge in [0.2, 0.25) is 0 Å². The zero-order valence-electron chi connectivity index (χ0n) is 11.9. The molecule has 0 spiro atoms. The molecule has 3 rings (SSSR count). The Morgan fingerprint density at radius 1 is 1.48 bits per heavy atom. The molecule has 1 saturated heterocycles. The Hall–Kier alpha value is -1.38. The molecule has 0 bridgehead atoms. The molecule has 1 aliphatic rings. The molecule has 0 amide bonds. The molecule has 0 saturated carbocycles. The Labute approximate surface area is 130 Å². The van der Waals surface area contributed by atoms with Gasteiger partial charge in [-0.2, -0.15) is 10.1 Å². The van der Waals surface area contributed by atoms with Gasteiger partial charge in [0.25, 0.3) is 5.88 Å². The first-order valence-electron chi connectivity index (χ1n) is 6.68. The van der Waals surface area contributed by atoms with Crippen molar-refractivity contribution in [1.82, 2.24) is 19.9 Å². The van der Waals surface area contributed by atoms with Gasteiger partial charge in [0.15, 0.2) is 11.4 Å². The van der Waals surface area contributed by atoms with Crippen LogP contribution in [-0.2, 0) is 4.74 Å². The van der Waals surface area contributed by atoms with Gasteiger partial charge >= 0.3 is 0 Å². The van der Waals surface area contributed by atoms with Gasteiger partial charge in [0.1, 0.15) is 6.61 Å². The zero-order valence-corrected chi connectivity index (χ0v) is 13.5. The highest BCUT2D eigenvalue weighted by Crippen LogP contribution is 2.28. The molecule has 1 aliphatic heterocycles. The number of halogens is 1. The molecule has 1 fully saturated rings. The van der Waals surface area contributed by atoms with Crippen molar-refractivity contribution in [1.29, 1.82) is 0 Å². The molecular formula is C13H17BrN4O3. The zero-order chi connectivity index (χ0) is 14.8. The second kappa shape index (κ2) is 6.17. The highest BCUT2D eigenvalue weighted by Gasteiger charge is 2.25. The maximum atomic E-state index is 5.82. The molecule has 2 aromatic rings. The van der Waals surface area contributed by atoms with E-state index in [1.54, 1.807) is 31.1 Å². The first-order chi connectivity index (χ1) is 10.2. The number of hydrogen-bond donors (Lipinski definition) is 1. The van der Waals surface area contributed by atoms with Crippen LogP contribution in [0.1, 0.15) is 6.42 Å². The third-order valence-corrected chi connectivity index (χ3v) is 4.10. The molecule has 2 aromatic heterocycles. The van der Waals surface area contributed by atoms with Gasteiger partial charge in [-0.05, 0) is 22.4 Å². The summed E-state index contributed by atoms with van der Waals surface area (Å²) >= 11 is 3.41. The summed E-state index contributed by atoms with van der Waals surface area (Å²) in [5.74, 6) is 1.02.